The molecule has 2 aromatic rings. The van der Waals surface area contributed by atoms with E-state index < -0.39 is 0 Å². The number of nitrogens with zero attached hydrogens (tertiary/aromatic N) is 3. The van der Waals surface area contributed by atoms with E-state index in [2.05, 4.69) is 11.1 Å². The van der Waals surface area contributed by atoms with E-state index >= 15 is 0 Å². The van der Waals surface area contributed by atoms with Crippen molar-refractivity contribution >= 4 is 22.2 Å². The van der Waals surface area contributed by atoms with Crippen molar-refractivity contribution < 1.29 is 0 Å². The number of aromatic nitrogens is 1. The first kappa shape index (κ1) is 11.6. The summed E-state index contributed by atoms with van der Waals surface area (Å²) >= 11 is 1.52. The molecule has 86 valence electrons. The zero-order valence-corrected chi connectivity index (χ0v) is 10.2. The van der Waals surface area contributed by atoms with E-state index in [-0.39, 0.29) is 0 Å². The first-order chi connectivity index (χ1) is 8.26. The minimum atomic E-state index is 0.435. The van der Waals surface area contributed by atoms with E-state index in [1.807, 2.05) is 35.5 Å². The third-order valence-corrected chi connectivity index (χ3v) is 3.39. The van der Waals surface area contributed by atoms with Gasteiger partial charge in [-0.15, -0.1) is 11.3 Å². The molecule has 4 nitrogen and oxygen atoms in total. The van der Waals surface area contributed by atoms with Crippen molar-refractivity contribution in [1.82, 2.24) is 4.98 Å². The van der Waals surface area contributed by atoms with Crippen LogP contribution < -0.4 is 10.6 Å². The van der Waals surface area contributed by atoms with Crippen LogP contribution in [0.2, 0.25) is 0 Å². The van der Waals surface area contributed by atoms with Gasteiger partial charge in [0, 0.05) is 19.0 Å². The molecule has 17 heavy (non-hydrogen) atoms. The molecule has 2 rings (SSSR count). The first-order valence-electron chi connectivity index (χ1n) is 5.13. The number of nitrogens with two attached hydrogens (primary N) is 1. The predicted molar refractivity (Wildman–Crippen MR) is 69.2 cm³/mol. The molecule has 0 aliphatic heterocycles. The molecule has 0 saturated carbocycles. The SMILES string of the molecule is CN(c1nc(CN)cs1)c1ccccc1C#N. The average molecular weight is 244 g/mol. The summed E-state index contributed by atoms with van der Waals surface area (Å²) in [7, 11) is 1.90. The summed E-state index contributed by atoms with van der Waals surface area (Å²) in [5, 5.41) is 11.8. The van der Waals surface area contributed by atoms with Gasteiger partial charge in [0.05, 0.1) is 16.9 Å². The van der Waals surface area contributed by atoms with E-state index in [9.17, 15) is 0 Å². The molecule has 0 aliphatic rings. The molecular weight excluding hydrogens is 232 g/mol. The van der Waals surface area contributed by atoms with Crippen LogP contribution in [0.5, 0.6) is 0 Å². The molecule has 0 radical (unpaired) electrons. The fourth-order valence-electron chi connectivity index (χ4n) is 1.51. The highest BCUT2D eigenvalue weighted by atomic mass is 32.1. The van der Waals surface area contributed by atoms with Gasteiger partial charge in [0.15, 0.2) is 5.13 Å². The molecule has 1 aromatic heterocycles. The normalized spacial score (nSPS) is 9.94. The van der Waals surface area contributed by atoms with Gasteiger partial charge in [0.25, 0.3) is 0 Å². The Bertz CT molecular complexity index is 556. The molecule has 2 N–H and O–H groups in total. The lowest BCUT2D eigenvalue weighted by Gasteiger charge is -2.16. The zero-order chi connectivity index (χ0) is 12.3. The molecule has 0 bridgehead atoms. The highest BCUT2D eigenvalue weighted by molar-refractivity contribution is 7.13. The molecule has 0 fully saturated rings. The third kappa shape index (κ3) is 2.28. The maximum absolute atomic E-state index is 9.05. The van der Waals surface area contributed by atoms with Crippen molar-refractivity contribution in [3.05, 3.63) is 40.9 Å². The fraction of sp³-hybridized carbons (Fsp3) is 0.167. The molecule has 0 atom stereocenters. The summed E-state index contributed by atoms with van der Waals surface area (Å²) < 4.78 is 0. The third-order valence-electron chi connectivity index (χ3n) is 2.42. The summed E-state index contributed by atoms with van der Waals surface area (Å²) in [6, 6.07) is 9.63. The largest absolute Gasteiger partial charge is 0.325 e. The number of para-hydroxylation sites is 1. The minimum absolute atomic E-state index is 0.435. The summed E-state index contributed by atoms with van der Waals surface area (Å²) in [5.41, 5.74) is 7.89. The average Bonchev–Trinajstić information content (AvgIpc) is 2.86. The maximum atomic E-state index is 9.05. The lowest BCUT2D eigenvalue weighted by atomic mass is 10.2. The van der Waals surface area contributed by atoms with Crippen molar-refractivity contribution in [2.45, 2.75) is 6.54 Å². The Kier molecular flexibility index (Phi) is 3.38. The standard InChI is InChI=1S/C12H12N4S/c1-16(12-15-10(7-14)8-17-12)11-5-3-2-4-9(11)6-13/h2-5,8H,7,14H2,1H3. The number of thiazole rings is 1. The monoisotopic (exact) mass is 244 g/mol. The first-order valence-corrected chi connectivity index (χ1v) is 6.01. The Morgan fingerprint density at radius 2 is 2.24 bits per heavy atom. The van der Waals surface area contributed by atoms with Crippen LogP contribution in [-0.2, 0) is 6.54 Å². The molecule has 1 aromatic carbocycles. The van der Waals surface area contributed by atoms with Crippen molar-refractivity contribution in [2.24, 2.45) is 5.73 Å². The van der Waals surface area contributed by atoms with Crippen LogP contribution in [0.1, 0.15) is 11.3 Å². The second-order valence-corrected chi connectivity index (χ2v) is 4.35. The van der Waals surface area contributed by atoms with E-state index in [0.29, 0.717) is 12.1 Å². The van der Waals surface area contributed by atoms with Crippen LogP contribution in [-0.4, -0.2) is 12.0 Å². The Labute approximate surface area is 104 Å². The van der Waals surface area contributed by atoms with Crippen molar-refractivity contribution in [3.63, 3.8) is 0 Å². The molecule has 0 amide bonds. The smallest absolute Gasteiger partial charge is 0.189 e. The number of nitriles is 1. The van der Waals surface area contributed by atoms with Gasteiger partial charge in [-0.25, -0.2) is 4.98 Å². The number of rotatable bonds is 3. The second-order valence-electron chi connectivity index (χ2n) is 3.51. The molecule has 0 saturated heterocycles. The number of hydrogen-bond acceptors (Lipinski definition) is 5. The lowest BCUT2D eigenvalue weighted by Crippen LogP contribution is -2.11. The number of anilines is 2. The second kappa shape index (κ2) is 4.95. The summed E-state index contributed by atoms with van der Waals surface area (Å²) in [4.78, 5) is 6.30. The van der Waals surface area contributed by atoms with Crippen LogP contribution in [0.4, 0.5) is 10.8 Å². The van der Waals surface area contributed by atoms with Gasteiger partial charge in [0.2, 0.25) is 0 Å². The quantitative estimate of drug-likeness (QED) is 0.899. The van der Waals surface area contributed by atoms with Crippen molar-refractivity contribution in [3.8, 4) is 6.07 Å². The van der Waals surface area contributed by atoms with Crippen LogP contribution in [0.15, 0.2) is 29.6 Å². The minimum Gasteiger partial charge on any atom is -0.325 e. The Morgan fingerprint density at radius 3 is 2.88 bits per heavy atom. The van der Waals surface area contributed by atoms with Gasteiger partial charge in [-0.05, 0) is 12.1 Å². The topological polar surface area (TPSA) is 65.9 Å². The summed E-state index contributed by atoms with van der Waals surface area (Å²) in [6.07, 6.45) is 0. The zero-order valence-electron chi connectivity index (χ0n) is 9.42. The number of benzene rings is 1. The molecule has 0 aliphatic carbocycles. The van der Waals surface area contributed by atoms with Gasteiger partial charge in [-0.1, -0.05) is 12.1 Å². The van der Waals surface area contributed by atoms with Crippen LogP contribution in [0.25, 0.3) is 0 Å². The fourth-order valence-corrected chi connectivity index (χ4v) is 2.32. The van der Waals surface area contributed by atoms with E-state index in [0.717, 1.165) is 16.5 Å². The molecule has 0 unspecified atom stereocenters. The predicted octanol–water partition coefficient (Wildman–Crippen LogP) is 2.24. The molecular formula is C12H12N4S. The molecule has 1 heterocycles. The summed E-state index contributed by atoms with van der Waals surface area (Å²) in [6.45, 7) is 0.435. The van der Waals surface area contributed by atoms with E-state index in [4.69, 9.17) is 11.0 Å². The Morgan fingerprint density at radius 1 is 1.47 bits per heavy atom. The van der Waals surface area contributed by atoms with E-state index in [1.54, 1.807) is 6.07 Å². The maximum Gasteiger partial charge on any atom is 0.189 e. The van der Waals surface area contributed by atoms with E-state index in [1.165, 1.54) is 11.3 Å². The van der Waals surface area contributed by atoms with Gasteiger partial charge >= 0.3 is 0 Å². The van der Waals surface area contributed by atoms with Gasteiger partial charge in [0.1, 0.15) is 6.07 Å². The Hall–Kier alpha value is -1.90. The van der Waals surface area contributed by atoms with Gasteiger partial charge in [-0.2, -0.15) is 5.26 Å². The van der Waals surface area contributed by atoms with Crippen LogP contribution in [0, 0.1) is 11.3 Å². The molecule has 5 heteroatoms. The van der Waals surface area contributed by atoms with Crippen molar-refractivity contribution in [2.75, 3.05) is 11.9 Å². The van der Waals surface area contributed by atoms with Gasteiger partial charge < -0.3 is 10.6 Å². The molecule has 0 spiro atoms. The highest BCUT2D eigenvalue weighted by Crippen LogP contribution is 2.28. The van der Waals surface area contributed by atoms with Crippen LogP contribution >= 0.6 is 11.3 Å². The van der Waals surface area contributed by atoms with Crippen molar-refractivity contribution in [1.29, 1.82) is 5.26 Å². The summed E-state index contributed by atoms with van der Waals surface area (Å²) in [5.74, 6) is 0. The number of hydrogen-bond donors (Lipinski definition) is 1. The van der Waals surface area contributed by atoms with Crippen LogP contribution in [0.3, 0.4) is 0 Å². The highest BCUT2D eigenvalue weighted by Gasteiger charge is 2.11. The lowest BCUT2D eigenvalue weighted by molar-refractivity contribution is 1.000. The van der Waals surface area contributed by atoms with Gasteiger partial charge in [-0.3, -0.25) is 0 Å². The Balaban J connectivity index is 2.37.